The van der Waals surface area contributed by atoms with Crippen LogP contribution in [0.1, 0.15) is 12.5 Å². The lowest BCUT2D eigenvalue weighted by molar-refractivity contribution is -0.143. The lowest BCUT2D eigenvalue weighted by Crippen LogP contribution is -2.23. The highest BCUT2D eigenvalue weighted by atomic mass is 32.2. The quantitative estimate of drug-likeness (QED) is 0.410. The number of thioether (sulfide) groups is 1. The summed E-state index contributed by atoms with van der Waals surface area (Å²) in [5.41, 5.74) is 1.38. The number of hydrogen-bond donors (Lipinski definition) is 1. The number of nitrogens with zero attached hydrogens (tertiary/aromatic N) is 2. The monoisotopic (exact) mass is 479 g/mol. The molecule has 164 valence electrons. The van der Waals surface area contributed by atoms with Crippen molar-refractivity contribution in [2.24, 2.45) is 10.1 Å². The van der Waals surface area contributed by atoms with Gasteiger partial charge in [0.25, 0.3) is 5.91 Å². The highest BCUT2D eigenvalue weighted by molar-refractivity contribution is 7.98. The number of rotatable bonds is 7. The lowest BCUT2D eigenvalue weighted by Gasteiger charge is -2.05. The summed E-state index contributed by atoms with van der Waals surface area (Å²) in [6, 6.07) is 11.9. The molecule has 0 aliphatic carbocycles. The van der Waals surface area contributed by atoms with Gasteiger partial charge in [-0.25, -0.2) is 13.6 Å². The van der Waals surface area contributed by atoms with Crippen LogP contribution in [0.2, 0.25) is 0 Å². The Morgan fingerprint density at radius 3 is 2.52 bits per heavy atom. The predicted octanol–water partition coefficient (Wildman–Crippen LogP) is 2.31. The molecule has 0 saturated carbocycles. The van der Waals surface area contributed by atoms with Crippen molar-refractivity contribution in [3.63, 3.8) is 0 Å². The molecule has 3 aromatic rings. The van der Waals surface area contributed by atoms with Gasteiger partial charge in [-0.15, -0.1) is 11.8 Å². The van der Waals surface area contributed by atoms with Crippen LogP contribution in [0, 0.1) is 0 Å². The molecule has 8 nitrogen and oxygen atoms in total. The topological polar surface area (TPSA) is 121 Å². The minimum atomic E-state index is -3.89. The second kappa shape index (κ2) is 9.77. The standard InChI is InChI=1S/C20H21N3O5S3/c1-3-28-19(25)12-23-16-9-8-15(31(21,26)27)11-17(16)30-20(23)22-18(24)10-13-4-6-14(29-2)7-5-13/h4-9,11H,3,10,12H2,1-2H3,(H2,21,26,27). The molecule has 11 heteroatoms. The van der Waals surface area contributed by atoms with Crippen molar-refractivity contribution in [3.05, 3.63) is 52.8 Å². The molecule has 0 radical (unpaired) electrons. The van der Waals surface area contributed by atoms with Crippen LogP contribution in [-0.2, 0) is 37.3 Å². The van der Waals surface area contributed by atoms with Gasteiger partial charge in [0.15, 0.2) is 4.80 Å². The van der Waals surface area contributed by atoms with Crippen LogP contribution in [0.4, 0.5) is 0 Å². The number of aromatic nitrogens is 1. The Kier molecular flexibility index (Phi) is 7.31. The van der Waals surface area contributed by atoms with E-state index in [1.54, 1.807) is 23.3 Å². The van der Waals surface area contributed by atoms with E-state index in [-0.39, 0.29) is 35.2 Å². The summed E-state index contributed by atoms with van der Waals surface area (Å²) in [6.45, 7) is 1.76. The summed E-state index contributed by atoms with van der Waals surface area (Å²) in [7, 11) is -3.89. The van der Waals surface area contributed by atoms with Gasteiger partial charge in [-0.1, -0.05) is 23.5 Å². The van der Waals surface area contributed by atoms with Crippen molar-refractivity contribution in [2.45, 2.75) is 29.7 Å². The van der Waals surface area contributed by atoms with Crippen molar-refractivity contribution in [1.29, 1.82) is 0 Å². The molecule has 1 heterocycles. The number of nitrogens with two attached hydrogens (primary N) is 1. The maximum Gasteiger partial charge on any atom is 0.326 e. The van der Waals surface area contributed by atoms with Crippen molar-refractivity contribution in [2.75, 3.05) is 12.9 Å². The normalized spacial score (nSPS) is 12.3. The van der Waals surface area contributed by atoms with Crippen molar-refractivity contribution >= 4 is 55.2 Å². The molecule has 2 aromatic carbocycles. The Bertz CT molecular complexity index is 1290. The average molecular weight is 480 g/mol. The summed E-state index contributed by atoms with van der Waals surface area (Å²) in [6.07, 6.45) is 2.07. The SMILES string of the molecule is CCOC(=O)Cn1c(=NC(=O)Cc2ccc(SC)cc2)sc2cc(S(N)(=O)=O)ccc21. The number of hydrogen-bond acceptors (Lipinski definition) is 7. The zero-order chi connectivity index (χ0) is 22.6. The Morgan fingerprint density at radius 1 is 1.19 bits per heavy atom. The van der Waals surface area contributed by atoms with E-state index in [0.29, 0.717) is 10.2 Å². The molecule has 0 aliphatic rings. The molecule has 0 aliphatic heterocycles. The van der Waals surface area contributed by atoms with Crippen molar-refractivity contribution in [1.82, 2.24) is 4.57 Å². The fourth-order valence-corrected chi connectivity index (χ4v) is 4.98. The van der Waals surface area contributed by atoms with E-state index in [1.165, 1.54) is 18.2 Å². The van der Waals surface area contributed by atoms with Gasteiger partial charge < -0.3 is 9.30 Å². The number of fused-ring (bicyclic) bond motifs is 1. The van der Waals surface area contributed by atoms with Crippen LogP contribution in [0.15, 0.2) is 57.2 Å². The molecule has 1 aromatic heterocycles. The van der Waals surface area contributed by atoms with Gasteiger partial charge in [-0.2, -0.15) is 4.99 Å². The second-order valence-electron chi connectivity index (χ2n) is 6.48. The Labute approximate surface area is 187 Å². The molecule has 0 saturated heterocycles. The van der Waals surface area contributed by atoms with Crippen LogP contribution >= 0.6 is 23.1 Å². The Morgan fingerprint density at radius 2 is 1.90 bits per heavy atom. The van der Waals surface area contributed by atoms with Gasteiger partial charge in [0, 0.05) is 4.90 Å². The molecule has 3 rings (SSSR count). The van der Waals surface area contributed by atoms with Crippen molar-refractivity contribution < 1.29 is 22.7 Å². The molecule has 0 bridgehead atoms. The number of thiazole rings is 1. The largest absolute Gasteiger partial charge is 0.465 e. The minimum Gasteiger partial charge on any atom is -0.465 e. The first-order valence-electron chi connectivity index (χ1n) is 9.23. The average Bonchev–Trinajstić information content (AvgIpc) is 3.04. The van der Waals surface area contributed by atoms with Crippen molar-refractivity contribution in [3.8, 4) is 0 Å². The van der Waals surface area contributed by atoms with Crippen LogP contribution in [-0.4, -0.2) is 37.7 Å². The van der Waals surface area contributed by atoms with Gasteiger partial charge in [0.2, 0.25) is 10.0 Å². The van der Waals surface area contributed by atoms with E-state index in [0.717, 1.165) is 21.8 Å². The molecule has 31 heavy (non-hydrogen) atoms. The third-order valence-electron chi connectivity index (χ3n) is 4.31. The number of ether oxygens (including phenoxy) is 1. The third-order valence-corrected chi connectivity index (χ3v) is 7.01. The molecule has 1 amide bonds. The molecule has 0 atom stereocenters. The molecule has 0 unspecified atom stereocenters. The maximum atomic E-state index is 12.6. The number of esters is 1. The summed E-state index contributed by atoms with van der Waals surface area (Å²) >= 11 is 2.71. The third kappa shape index (κ3) is 5.82. The van der Waals surface area contributed by atoms with E-state index in [1.807, 2.05) is 30.5 Å². The number of primary sulfonamides is 1. The number of amides is 1. The van der Waals surface area contributed by atoms with Crippen LogP contribution in [0.5, 0.6) is 0 Å². The van der Waals surface area contributed by atoms with E-state index in [2.05, 4.69) is 4.99 Å². The minimum absolute atomic E-state index is 0.0590. The van der Waals surface area contributed by atoms with Crippen LogP contribution in [0.3, 0.4) is 0 Å². The molecule has 2 N–H and O–H groups in total. The molecule has 0 spiro atoms. The number of benzene rings is 2. The van der Waals surface area contributed by atoms with Crippen LogP contribution < -0.4 is 9.94 Å². The molecular weight excluding hydrogens is 458 g/mol. The zero-order valence-electron chi connectivity index (χ0n) is 16.9. The lowest BCUT2D eigenvalue weighted by atomic mass is 10.1. The number of carbonyl (C=O) groups excluding carboxylic acids is 2. The Balaban J connectivity index is 2.02. The van der Waals surface area contributed by atoms with Gasteiger partial charge in [-0.3, -0.25) is 9.59 Å². The van der Waals surface area contributed by atoms with E-state index in [9.17, 15) is 18.0 Å². The summed E-state index contributed by atoms with van der Waals surface area (Å²) in [4.78, 5) is 30.2. The summed E-state index contributed by atoms with van der Waals surface area (Å²) in [5, 5.41) is 5.22. The van der Waals surface area contributed by atoms with Gasteiger partial charge >= 0.3 is 5.97 Å². The first kappa shape index (κ1) is 23.2. The highest BCUT2D eigenvalue weighted by Crippen LogP contribution is 2.21. The highest BCUT2D eigenvalue weighted by Gasteiger charge is 2.15. The number of carbonyl (C=O) groups is 2. The van der Waals surface area contributed by atoms with E-state index < -0.39 is 16.0 Å². The maximum absolute atomic E-state index is 12.6. The number of sulfonamides is 1. The summed E-state index contributed by atoms with van der Waals surface area (Å²) < 4.78 is 30.5. The first-order chi connectivity index (χ1) is 14.7. The van der Waals surface area contributed by atoms with Gasteiger partial charge in [-0.05, 0) is 49.1 Å². The fourth-order valence-electron chi connectivity index (χ4n) is 2.87. The fraction of sp³-hybridized carbons (Fsp3) is 0.250. The van der Waals surface area contributed by atoms with E-state index in [4.69, 9.17) is 9.88 Å². The second-order valence-corrected chi connectivity index (χ2v) is 9.93. The van der Waals surface area contributed by atoms with Crippen LogP contribution in [0.25, 0.3) is 10.2 Å². The van der Waals surface area contributed by atoms with Gasteiger partial charge in [0.1, 0.15) is 6.54 Å². The van der Waals surface area contributed by atoms with Gasteiger partial charge in [0.05, 0.1) is 28.1 Å². The molecular formula is C20H21N3O5S3. The van der Waals surface area contributed by atoms with E-state index >= 15 is 0 Å². The smallest absolute Gasteiger partial charge is 0.326 e. The zero-order valence-corrected chi connectivity index (χ0v) is 19.4. The predicted molar refractivity (Wildman–Crippen MR) is 120 cm³/mol. The first-order valence-corrected chi connectivity index (χ1v) is 12.8. The molecule has 0 fully saturated rings. The Hall–Kier alpha value is -2.47. The summed E-state index contributed by atoms with van der Waals surface area (Å²) in [5.74, 6) is -0.869.